The molecule has 2 N–H and O–H groups in total. The van der Waals surface area contributed by atoms with Crippen LogP contribution in [0.4, 0.5) is 17.5 Å². The standard InChI is InChI=1S/C19H21N5/c1-13-9-10-14(2)17(11-13)22-18-12-20-24-19(23-18)21-15(3)16-7-5-4-6-8-16/h4-12,15H,1-3H3,(H2,21,22,23,24). The molecule has 0 amide bonds. The average Bonchev–Trinajstić information content (AvgIpc) is 2.59. The fraction of sp³-hybridized carbons (Fsp3) is 0.211. The second-order valence-corrected chi connectivity index (χ2v) is 5.89. The third kappa shape index (κ3) is 3.87. The van der Waals surface area contributed by atoms with Crippen LogP contribution in [0, 0.1) is 13.8 Å². The predicted octanol–water partition coefficient (Wildman–Crippen LogP) is 4.41. The summed E-state index contributed by atoms with van der Waals surface area (Å²) in [5.41, 5.74) is 4.55. The van der Waals surface area contributed by atoms with E-state index in [2.05, 4.69) is 76.9 Å². The molecule has 1 atom stereocenters. The maximum Gasteiger partial charge on any atom is 0.245 e. The molecule has 122 valence electrons. The summed E-state index contributed by atoms with van der Waals surface area (Å²) in [5, 5.41) is 14.7. The van der Waals surface area contributed by atoms with Gasteiger partial charge in [-0.2, -0.15) is 10.1 Å². The smallest absolute Gasteiger partial charge is 0.245 e. The maximum absolute atomic E-state index is 4.51. The molecule has 0 aliphatic heterocycles. The van der Waals surface area contributed by atoms with Gasteiger partial charge in [-0.05, 0) is 43.5 Å². The van der Waals surface area contributed by atoms with Gasteiger partial charge in [0.1, 0.15) is 0 Å². The summed E-state index contributed by atoms with van der Waals surface area (Å²) in [7, 11) is 0. The number of rotatable bonds is 5. The van der Waals surface area contributed by atoms with Crippen molar-refractivity contribution in [1.29, 1.82) is 0 Å². The first-order valence-corrected chi connectivity index (χ1v) is 7.97. The van der Waals surface area contributed by atoms with Crippen molar-refractivity contribution >= 4 is 17.5 Å². The number of hydrogen-bond donors (Lipinski definition) is 2. The van der Waals surface area contributed by atoms with Crippen LogP contribution < -0.4 is 10.6 Å². The van der Waals surface area contributed by atoms with Gasteiger partial charge in [-0.3, -0.25) is 0 Å². The summed E-state index contributed by atoms with van der Waals surface area (Å²) in [5.74, 6) is 1.17. The third-order valence-electron chi connectivity index (χ3n) is 3.86. The summed E-state index contributed by atoms with van der Waals surface area (Å²) in [6, 6.07) is 16.6. The van der Waals surface area contributed by atoms with Crippen molar-refractivity contribution in [3.05, 3.63) is 71.4 Å². The normalized spacial score (nSPS) is 11.8. The van der Waals surface area contributed by atoms with Crippen LogP contribution in [0.5, 0.6) is 0 Å². The minimum atomic E-state index is 0.101. The number of benzene rings is 2. The Morgan fingerprint density at radius 3 is 2.58 bits per heavy atom. The zero-order valence-electron chi connectivity index (χ0n) is 14.1. The molecule has 0 aliphatic rings. The zero-order chi connectivity index (χ0) is 16.9. The lowest BCUT2D eigenvalue weighted by Crippen LogP contribution is -2.11. The SMILES string of the molecule is Cc1ccc(C)c(Nc2cnnc(NC(C)c3ccccc3)n2)c1. The molecular weight excluding hydrogens is 298 g/mol. The lowest BCUT2D eigenvalue weighted by atomic mass is 10.1. The molecule has 0 bridgehead atoms. The van der Waals surface area contributed by atoms with Gasteiger partial charge >= 0.3 is 0 Å². The van der Waals surface area contributed by atoms with Gasteiger partial charge in [0.05, 0.1) is 12.2 Å². The number of nitrogens with zero attached hydrogens (tertiary/aromatic N) is 3. The molecular formula is C19H21N5. The van der Waals surface area contributed by atoms with Gasteiger partial charge in [-0.25, -0.2) is 0 Å². The molecule has 5 nitrogen and oxygen atoms in total. The van der Waals surface area contributed by atoms with Crippen LogP contribution in [0.1, 0.15) is 29.7 Å². The molecule has 5 heteroatoms. The molecule has 3 rings (SSSR count). The summed E-state index contributed by atoms with van der Waals surface area (Å²) < 4.78 is 0. The first-order chi connectivity index (χ1) is 11.6. The Labute approximate surface area is 142 Å². The highest BCUT2D eigenvalue weighted by Crippen LogP contribution is 2.21. The minimum absolute atomic E-state index is 0.101. The molecule has 1 heterocycles. The average molecular weight is 319 g/mol. The molecule has 3 aromatic rings. The highest BCUT2D eigenvalue weighted by Gasteiger charge is 2.08. The Morgan fingerprint density at radius 2 is 1.79 bits per heavy atom. The van der Waals surface area contributed by atoms with Crippen LogP contribution in [0.25, 0.3) is 0 Å². The van der Waals surface area contributed by atoms with E-state index in [0.29, 0.717) is 11.8 Å². The fourth-order valence-electron chi connectivity index (χ4n) is 2.45. The van der Waals surface area contributed by atoms with Crippen LogP contribution in [0.15, 0.2) is 54.7 Å². The molecule has 1 unspecified atom stereocenters. The van der Waals surface area contributed by atoms with E-state index in [-0.39, 0.29) is 6.04 Å². The van der Waals surface area contributed by atoms with E-state index in [1.54, 1.807) is 6.20 Å². The maximum atomic E-state index is 4.51. The van der Waals surface area contributed by atoms with E-state index >= 15 is 0 Å². The molecule has 24 heavy (non-hydrogen) atoms. The minimum Gasteiger partial charge on any atom is -0.346 e. The molecule has 2 aromatic carbocycles. The Kier molecular flexibility index (Phi) is 4.70. The van der Waals surface area contributed by atoms with Gasteiger partial charge in [0.25, 0.3) is 0 Å². The molecule has 0 aliphatic carbocycles. The lowest BCUT2D eigenvalue weighted by Gasteiger charge is -2.14. The van der Waals surface area contributed by atoms with Crippen LogP contribution >= 0.6 is 0 Å². The van der Waals surface area contributed by atoms with Gasteiger partial charge in [-0.15, -0.1) is 5.10 Å². The summed E-state index contributed by atoms with van der Waals surface area (Å²) >= 11 is 0. The first-order valence-electron chi connectivity index (χ1n) is 7.97. The van der Waals surface area contributed by atoms with Gasteiger partial charge < -0.3 is 10.6 Å². The summed E-state index contributed by atoms with van der Waals surface area (Å²) in [4.78, 5) is 4.51. The highest BCUT2D eigenvalue weighted by molar-refractivity contribution is 5.61. The second kappa shape index (κ2) is 7.08. The molecule has 0 saturated heterocycles. The van der Waals surface area contributed by atoms with Crippen LogP contribution in [-0.4, -0.2) is 15.2 Å². The predicted molar refractivity (Wildman–Crippen MR) is 97.5 cm³/mol. The number of anilines is 3. The molecule has 0 fully saturated rings. The number of aromatic nitrogens is 3. The fourth-order valence-corrected chi connectivity index (χ4v) is 2.45. The lowest BCUT2D eigenvalue weighted by molar-refractivity contribution is 0.841. The molecule has 0 saturated carbocycles. The van der Waals surface area contributed by atoms with Gasteiger partial charge in [0.15, 0.2) is 5.82 Å². The van der Waals surface area contributed by atoms with E-state index in [9.17, 15) is 0 Å². The van der Waals surface area contributed by atoms with Crippen molar-refractivity contribution in [3.63, 3.8) is 0 Å². The van der Waals surface area contributed by atoms with Crippen molar-refractivity contribution in [3.8, 4) is 0 Å². The van der Waals surface area contributed by atoms with E-state index in [4.69, 9.17) is 0 Å². The topological polar surface area (TPSA) is 62.7 Å². The largest absolute Gasteiger partial charge is 0.346 e. The van der Waals surface area contributed by atoms with Gasteiger partial charge in [0.2, 0.25) is 5.95 Å². The number of aryl methyl sites for hydroxylation is 2. The van der Waals surface area contributed by atoms with Crippen molar-refractivity contribution in [2.24, 2.45) is 0 Å². The zero-order valence-corrected chi connectivity index (χ0v) is 14.1. The molecule has 0 radical (unpaired) electrons. The second-order valence-electron chi connectivity index (χ2n) is 5.89. The van der Waals surface area contributed by atoms with Crippen molar-refractivity contribution in [2.45, 2.75) is 26.8 Å². The van der Waals surface area contributed by atoms with Crippen LogP contribution in [0.2, 0.25) is 0 Å². The van der Waals surface area contributed by atoms with Gasteiger partial charge in [0, 0.05) is 5.69 Å². The molecule has 0 spiro atoms. The Morgan fingerprint density at radius 1 is 1.00 bits per heavy atom. The summed E-state index contributed by atoms with van der Waals surface area (Å²) in [6.45, 7) is 6.20. The van der Waals surface area contributed by atoms with Crippen LogP contribution in [-0.2, 0) is 0 Å². The Balaban J connectivity index is 1.76. The summed E-state index contributed by atoms with van der Waals surface area (Å²) in [6.07, 6.45) is 1.63. The van der Waals surface area contributed by atoms with Gasteiger partial charge in [-0.1, -0.05) is 42.5 Å². The quantitative estimate of drug-likeness (QED) is 0.729. The van der Waals surface area contributed by atoms with E-state index in [1.165, 1.54) is 11.1 Å². The van der Waals surface area contributed by atoms with Crippen molar-refractivity contribution < 1.29 is 0 Å². The molecule has 1 aromatic heterocycles. The Bertz CT molecular complexity index is 817. The van der Waals surface area contributed by atoms with Crippen molar-refractivity contribution in [1.82, 2.24) is 15.2 Å². The first kappa shape index (κ1) is 15.9. The number of nitrogens with one attached hydrogen (secondary N) is 2. The number of hydrogen-bond acceptors (Lipinski definition) is 5. The third-order valence-corrected chi connectivity index (χ3v) is 3.86. The van der Waals surface area contributed by atoms with E-state index < -0.39 is 0 Å². The van der Waals surface area contributed by atoms with E-state index in [0.717, 1.165) is 11.3 Å². The van der Waals surface area contributed by atoms with Crippen molar-refractivity contribution in [2.75, 3.05) is 10.6 Å². The highest BCUT2D eigenvalue weighted by atomic mass is 15.3. The van der Waals surface area contributed by atoms with Crippen LogP contribution in [0.3, 0.4) is 0 Å². The van der Waals surface area contributed by atoms with E-state index in [1.807, 2.05) is 18.2 Å². The monoisotopic (exact) mass is 319 g/mol. The Hall–Kier alpha value is -2.95.